The summed E-state index contributed by atoms with van der Waals surface area (Å²) in [4.78, 5) is 8.46. The van der Waals surface area contributed by atoms with E-state index in [0.29, 0.717) is 18.1 Å². The molecule has 1 aliphatic carbocycles. The third kappa shape index (κ3) is 3.50. The van der Waals surface area contributed by atoms with Crippen molar-refractivity contribution < 1.29 is 13.9 Å². The maximum atomic E-state index is 6.49. The van der Waals surface area contributed by atoms with Crippen molar-refractivity contribution in [2.45, 2.75) is 76.8 Å². The summed E-state index contributed by atoms with van der Waals surface area (Å²) in [5.74, 6) is -0.244. The van der Waals surface area contributed by atoms with Crippen LogP contribution in [0.1, 0.15) is 40.7 Å². The maximum absolute atomic E-state index is 6.49. The lowest BCUT2D eigenvalue weighted by Crippen LogP contribution is -2.41. The van der Waals surface area contributed by atoms with Gasteiger partial charge in [0.15, 0.2) is 19.8 Å². The Bertz CT molecular complexity index is 963. The van der Waals surface area contributed by atoms with Gasteiger partial charge in [0.1, 0.15) is 30.4 Å². The number of rotatable bonds is 4. The first kappa shape index (κ1) is 20.5. The molecule has 0 aromatic carbocycles. The highest BCUT2D eigenvalue weighted by Gasteiger charge is 2.51. The average Bonchev–Trinajstić information content (AvgIpc) is 3.24. The first-order valence-electron chi connectivity index (χ1n) is 10.0. The quantitative estimate of drug-likeness (QED) is 0.601. The number of hydrogen-bond acceptors (Lipinski definition) is 7. The van der Waals surface area contributed by atoms with Crippen molar-refractivity contribution in [3.63, 3.8) is 0 Å². The summed E-state index contributed by atoms with van der Waals surface area (Å²) >= 11 is 0. The van der Waals surface area contributed by atoms with Crippen molar-refractivity contribution in [2.24, 2.45) is 0 Å². The van der Waals surface area contributed by atoms with Crippen LogP contribution in [0.25, 0.3) is 11.0 Å². The molecule has 0 saturated carbocycles. The zero-order valence-electron chi connectivity index (χ0n) is 18.3. The Morgan fingerprint density at radius 3 is 2.66 bits per heavy atom. The molecule has 1 saturated heterocycles. The van der Waals surface area contributed by atoms with Gasteiger partial charge >= 0.3 is 0 Å². The van der Waals surface area contributed by atoms with Crippen molar-refractivity contribution >= 4 is 25.2 Å². The van der Waals surface area contributed by atoms with Gasteiger partial charge in [0.2, 0.25) is 0 Å². The lowest BCUT2D eigenvalue weighted by molar-refractivity contribution is -0.148. The molecular formula is C20H31N5O3Si. The van der Waals surface area contributed by atoms with Crippen LogP contribution in [0.4, 0.5) is 5.82 Å². The van der Waals surface area contributed by atoms with Crippen molar-refractivity contribution in [2.75, 3.05) is 12.3 Å². The molecule has 0 bridgehead atoms. The maximum Gasteiger partial charge on any atom is 0.192 e. The summed E-state index contributed by atoms with van der Waals surface area (Å²) in [5, 5.41) is 5.43. The number of ether oxygens (including phenoxy) is 2. The standard InChI is InChI=1S/C20H31N5O3Si/c1-19(2,3)29(6,7)26-10-12-8-14(16-15(12)27-20(4,5)28-16)25-18-13(9-24-25)17(21)22-11-23-18/h8-9,11,14-16H,10H2,1-7H3,(H2,21,22,23)/t14-,15-,16+/m1/s1. The molecule has 2 N–H and O–H groups in total. The Labute approximate surface area is 172 Å². The van der Waals surface area contributed by atoms with E-state index in [0.717, 1.165) is 11.0 Å². The van der Waals surface area contributed by atoms with Gasteiger partial charge in [-0.25, -0.2) is 14.6 Å². The molecule has 0 spiro atoms. The number of nitrogens with two attached hydrogens (primary N) is 1. The van der Waals surface area contributed by atoms with E-state index in [9.17, 15) is 0 Å². The molecule has 1 aliphatic heterocycles. The molecule has 3 heterocycles. The highest BCUT2D eigenvalue weighted by molar-refractivity contribution is 6.74. The van der Waals surface area contributed by atoms with E-state index < -0.39 is 14.1 Å². The van der Waals surface area contributed by atoms with Crippen LogP contribution in [-0.2, 0) is 13.9 Å². The monoisotopic (exact) mass is 417 g/mol. The lowest BCUT2D eigenvalue weighted by Gasteiger charge is -2.36. The van der Waals surface area contributed by atoms with E-state index in [-0.39, 0.29) is 23.3 Å². The second-order valence-corrected chi connectivity index (χ2v) is 14.7. The van der Waals surface area contributed by atoms with Crippen LogP contribution in [0.2, 0.25) is 18.1 Å². The van der Waals surface area contributed by atoms with Gasteiger partial charge in [0, 0.05) is 0 Å². The van der Waals surface area contributed by atoms with Crippen LogP contribution in [0.3, 0.4) is 0 Å². The van der Waals surface area contributed by atoms with Gasteiger partial charge in [-0.2, -0.15) is 5.10 Å². The molecule has 0 amide bonds. The van der Waals surface area contributed by atoms with Crippen molar-refractivity contribution in [1.82, 2.24) is 19.7 Å². The number of aromatic nitrogens is 4. The van der Waals surface area contributed by atoms with Gasteiger partial charge in [0.25, 0.3) is 0 Å². The van der Waals surface area contributed by atoms with Crippen LogP contribution < -0.4 is 5.73 Å². The molecule has 158 valence electrons. The van der Waals surface area contributed by atoms with Crippen LogP contribution in [0.5, 0.6) is 0 Å². The van der Waals surface area contributed by atoms with Crippen molar-refractivity contribution in [3.05, 3.63) is 24.2 Å². The number of nitrogens with zero attached hydrogens (tertiary/aromatic N) is 4. The lowest BCUT2D eigenvalue weighted by atomic mass is 10.1. The number of hydrogen-bond donors (Lipinski definition) is 1. The molecule has 2 aromatic rings. The zero-order valence-corrected chi connectivity index (χ0v) is 19.3. The Morgan fingerprint density at radius 2 is 1.97 bits per heavy atom. The SMILES string of the molecule is CC1(C)O[C@@H]2[C@H](O1)C(CO[Si](C)(C)C(C)(C)C)=C[C@H]2n1ncc2c(N)ncnc21. The van der Waals surface area contributed by atoms with Gasteiger partial charge in [-0.3, -0.25) is 0 Å². The van der Waals surface area contributed by atoms with Crippen LogP contribution >= 0.6 is 0 Å². The Balaban J connectivity index is 1.67. The number of nitrogen functional groups attached to an aromatic ring is 1. The summed E-state index contributed by atoms with van der Waals surface area (Å²) in [5.41, 5.74) is 7.78. The van der Waals surface area contributed by atoms with Crippen molar-refractivity contribution in [3.8, 4) is 0 Å². The third-order valence-corrected chi connectivity index (χ3v) is 10.8. The molecule has 2 aliphatic rings. The predicted octanol–water partition coefficient (Wildman–Crippen LogP) is 3.43. The van der Waals surface area contributed by atoms with Gasteiger partial charge in [-0.1, -0.05) is 26.8 Å². The normalized spacial score (nSPS) is 26.7. The second kappa shape index (κ2) is 6.60. The largest absolute Gasteiger partial charge is 0.413 e. The van der Waals surface area contributed by atoms with Gasteiger partial charge in [-0.05, 0) is 37.6 Å². The topological polar surface area (TPSA) is 97.3 Å². The van der Waals surface area contributed by atoms with Crippen LogP contribution in [0.15, 0.2) is 24.2 Å². The molecule has 9 heteroatoms. The zero-order chi connectivity index (χ0) is 21.2. The van der Waals surface area contributed by atoms with Gasteiger partial charge in [0.05, 0.1) is 18.2 Å². The first-order chi connectivity index (χ1) is 13.4. The summed E-state index contributed by atoms with van der Waals surface area (Å²) in [7, 11) is -1.89. The van der Waals surface area contributed by atoms with Crippen LogP contribution in [0, 0.1) is 0 Å². The molecular weight excluding hydrogens is 386 g/mol. The average molecular weight is 418 g/mol. The highest BCUT2D eigenvalue weighted by atomic mass is 28.4. The molecule has 3 atom stereocenters. The third-order valence-electron chi connectivity index (χ3n) is 6.33. The van der Waals surface area contributed by atoms with Gasteiger partial charge in [-0.15, -0.1) is 0 Å². The molecule has 0 unspecified atom stereocenters. The fourth-order valence-electron chi connectivity index (χ4n) is 3.65. The minimum Gasteiger partial charge on any atom is -0.413 e. The van der Waals surface area contributed by atoms with Crippen LogP contribution in [-0.4, -0.2) is 52.7 Å². The number of anilines is 1. The Kier molecular flexibility index (Phi) is 4.65. The van der Waals surface area contributed by atoms with E-state index in [4.69, 9.17) is 19.6 Å². The molecule has 8 nitrogen and oxygen atoms in total. The minimum atomic E-state index is -1.89. The van der Waals surface area contributed by atoms with Gasteiger partial charge < -0.3 is 19.6 Å². The fraction of sp³-hybridized carbons (Fsp3) is 0.650. The first-order valence-corrected chi connectivity index (χ1v) is 12.9. The molecule has 29 heavy (non-hydrogen) atoms. The Morgan fingerprint density at radius 1 is 1.24 bits per heavy atom. The second-order valence-electron chi connectivity index (χ2n) is 9.89. The number of fused-ring (bicyclic) bond motifs is 2. The fourth-order valence-corrected chi connectivity index (χ4v) is 4.61. The molecule has 4 rings (SSSR count). The van der Waals surface area contributed by atoms with E-state index >= 15 is 0 Å². The van der Waals surface area contributed by atoms with E-state index in [1.54, 1.807) is 6.20 Å². The molecule has 1 fully saturated rings. The van der Waals surface area contributed by atoms with E-state index in [1.807, 2.05) is 18.5 Å². The predicted molar refractivity (Wildman–Crippen MR) is 114 cm³/mol. The summed E-state index contributed by atoms with van der Waals surface area (Å²) < 4.78 is 20.9. The van der Waals surface area contributed by atoms with Crippen molar-refractivity contribution in [1.29, 1.82) is 0 Å². The van der Waals surface area contributed by atoms with E-state index in [2.05, 4.69) is 55.0 Å². The Hall–Kier alpha value is -1.81. The minimum absolute atomic E-state index is 0.143. The smallest absolute Gasteiger partial charge is 0.192 e. The highest BCUT2D eigenvalue weighted by Crippen LogP contribution is 2.45. The molecule has 0 radical (unpaired) electrons. The summed E-state index contributed by atoms with van der Waals surface area (Å²) in [6.07, 6.45) is 4.96. The van der Waals surface area contributed by atoms with E-state index in [1.165, 1.54) is 6.33 Å². The summed E-state index contributed by atoms with van der Waals surface area (Å²) in [6, 6.07) is -0.147. The summed E-state index contributed by atoms with van der Waals surface area (Å²) in [6.45, 7) is 15.7. The molecule has 2 aromatic heterocycles.